The lowest BCUT2D eigenvalue weighted by atomic mass is 10.2. The fourth-order valence-electron chi connectivity index (χ4n) is 1.15. The van der Waals surface area contributed by atoms with Crippen molar-refractivity contribution in [3.63, 3.8) is 0 Å². The maximum atomic E-state index is 12.5. The number of hydrogen-bond acceptors (Lipinski definition) is 3. The van der Waals surface area contributed by atoms with E-state index in [9.17, 15) is 18.0 Å². The lowest BCUT2D eigenvalue weighted by molar-refractivity contribution is -0.141. The van der Waals surface area contributed by atoms with Crippen LogP contribution in [0.2, 0.25) is 5.02 Å². The summed E-state index contributed by atoms with van der Waals surface area (Å²) in [5, 5.41) is 2.55. The van der Waals surface area contributed by atoms with Crippen molar-refractivity contribution >= 4 is 17.7 Å². The highest BCUT2D eigenvalue weighted by Crippen LogP contribution is 2.35. The summed E-state index contributed by atoms with van der Waals surface area (Å²) in [7, 11) is 0. The Balaban J connectivity index is 3.17. The first-order valence-electron chi connectivity index (χ1n) is 4.99. The molecule has 1 rings (SSSR count). The SMILES string of the molecule is Cc1c(Cl)c(C(F)(F)F)nn1C(=O)OC(C)(C)C. The number of carbonyl (C=O) groups excluding carboxylic acids is 1. The number of hydrogen-bond donors (Lipinski definition) is 0. The zero-order chi connectivity index (χ0) is 14.3. The Labute approximate surface area is 107 Å². The molecule has 8 heteroatoms. The molecule has 0 fully saturated rings. The molecule has 0 saturated heterocycles. The molecule has 4 nitrogen and oxygen atoms in total. The number of halogens is 4. The van der Waals surface area contributed by atoms with Crippen LogP contribution in [0.1, 0.15) is 32.2 Å². The van der Waals surface area contributed by atoms with E-state index in [4.69, 9.17) is 16.3 Å². The fraction of sp³-hybridized carbons (Fsp3) is 0.600. The number of alkyl halides is 3. The molecule has 0 aromatic carbocycles. The van der Waals surface area contributed by atoms with E-state index in [0.29, 0.717) is 4.68 Å². The molecule has 0 unspecified atom stereocenters. The molecule has 1 heterocycles. The van der Waals surface area contributed by atoms with Crippen molar-refractivity contribution in [2.75, 3.05) is 0 Å². The number of ether oxygens (including phenoxy) is 1. The molecule has 0 aliphatic heterocycles. The molecule has 0 atom stereocenters. The zero-order valence-corrected chi connectivity index (χ0v) is 11.0. The summed E-state index contributed by atoms with van der Waals surface area (Å²) in [6, 6.07) is 0. The molecule has 0 N–H and O–H groups in total. The molecule has 0 amide bonds. The molecule has 102 valence electrons. The summed E-state index contributed by atoms with van der Waals surface area (Å²) in [4.78, 5) is 11.6. The normalized spacial score (nSPS) is 12.7. The molecule has 0 aliphatic carbocycles. The van der Waals surface area contributed by atoms with E-state index in [1.807, 2.05) is 0 Å². The third kappa shape index (κ3) is 3.16. The van der Waals surface area contributed by atoms with Crippen molar-refractivity contribution < 1.29 is 22.7 Å². The van der Waals surface area contributed by atoms with Gasteiger partial charge in [-0.2, -0.15) is 23.0 Å². The highest BCUT2D eigenvalue weighted by atomic mass is 35.5. The van der Waals surface area contributed by atoms with E-state index in [0.717, 1.165) is 0 Å². The molecular weight excluding hydrogens is 273 g/mol. The van der Waals surface area contributed by atoms with Gasteiger partial charge in [-0.3, -0.25) is 0 Å². The quantitative estimate of drug-likeness (QED) is 0.730. The van der Waals surface area contributed by atoms with Crippen LogP contribution < -0.4 is 0 Å². The van der Waals surface area contributed by atoms with E-state index < -0.39 is 28.6 Å². The van der Waals surface area contributed by atoms with Gasteiger partial charge in [0.05, 0.1) is 10.7 Å². The summed E-state index contributed by atoms with van der Waals surface area (Å²) < 4.78 is 43.0. The summed E-state index contributed by atoms with van der Waals surface area (Å²) in [6.07, 6.45) is -5.72. The van der Waals surface area contributed by atoms with Gasteiger partial charge in [0.15, 0.2) is 5.69 Å². The molecule has 0 spiro atoms. The van der Waals surface area contributed by atoms with Gasteiger partial charge in [-0.1, -0.05) is 11.6 Å². The molecule has 1 aromatic rings. The van der Waals surface area contributed by atoms with E-state index in [1.165, 1.54) is 6.92 Å². The molecular formula is C10H12ClF3N2O2. The van der Waals surface area contributed by atoms with Crippen LogP contribution in [0.15, 0.2) is 0 Å². The largest absolute Gasteiger partial charge is 0.442 e. The summed E-state index contributed by atoms with van der Waals surface area (Å²) >= 11 is 5.50. The van der Waals surface area contributed by atoms with E-state index in [-0.39, 0.29) is 5.69 Å². The minimum absolute atomic E-state index is 0.113. The van der Waals surface area contributed by atoms with Gasteiger partial charge in [-0.05, 0) is 27.7 Å². The van der Waals surface area contributed by atoms with Crippen LogP contribution in [0.25, 0.3) is 0 Å². The van der Waals surface area contributed by atoms with Gasteiger partial charge in [0, 0.05) is 0 Å². The summed E-state index contributed by atoms with van der Waals surface area (Å²) in [6.45, 7) is 6.04. The second kappa shape index (κ2) is 4.46. The van der Waals surface area contributed by atoms with Crippen molar-refractivity contribution in [3.05, 3.63) is 16.4 Å². The Bertz CT molecular complexity index is 475. The monoisotopic (exact) mass is 284 g/mol. The third-order valence-electron chi connectivity index (χ3n) is 1.88. The van der Waals surface area contributed by atoms with Crippen molar-refractivity contribution in [2.45, 2.75) is 39.5 Å². The molecule has 18 heavy (non-hydrogen) atoms. The van der Waals surface area contributed by atoms with Crippen molar-refractivity contribution in [1.82, 2.24) is 9.78 Å². The smallest absolute Gasteiger partial charge is 0.436 e. The summed E-state index contributed by atoms with van der Waals surface area (Å²) in [5.74, 6) is 0. The number of carbonyl (C=O) groups is 1. The highest BCUT2D eigenvalue weighted by molar-refractivity contribution is 6.32. The molecule has 0 bridgehead atoms. The lowest BCUT2D eigenvalue weighted by Gasteiger charge is -2.19. The van der Waals surface area contributed by atoms with Gasteiger partial charge in [0.2, 0.25) is 0 Å². The van der Waals surface area contributed by atoms with Crippen molar-refractivity contribution in [3.8, 4) is 0 Å². The average Bonchev–Trinajstić information content (AvgIpc) is 2.40. The van der Waals surface area contributed by atoms with Crippen LogP contribution in [-0.4, -0.2) is 21.5 Å². The van der Waals surface area contributed by atoms with Crippen LogP contribution in [0.4, 0.5) is 18.0 Å². The van der Waals surface area contributed by atoms with Crippen molar-refractivity contribution in [1.29, 1.82) is 0 Å². The maximum absolute atomic E-state index is 12.5. The minimum atomic E-state index is -4.71. The van der Waals surface area contributed by atoms with Crippen LogP contribution >= 0.6 is 11.6 Å². The highest BCUT2D eigenvalue weighted by Gasteiger charge is 2.39. The van der Waals surface area contributed by atoms with Crippen molar-refractivity contribution in [2.24, 2.45) is 0 Å². The van der Waals surface area contributed by atoms with Crippen LogP contribution in [-0.2, 0) is 10.9 Å². The fourth-order valence-corrected chi connectivity index (χ4v) is 1.37. The van der Waals surface area contributed by atoms with Gasteiger partial charge >= 0.3 is 12.3 Å². The first kappa shape index (κ1) is 14.8. The van der Waals surface area contributed by atoms with E-state index in [1.54, 1.807) is 20.8 Å². The Morgan fingerprint density at radius 1 is 1.33 bits per heavy atom. The first-order chi connectivity index (χ1) is 7.93. The topological polar surface area (TPSA) is 44.1 Å². The van der Waals surface area contributed by atoms with Gasteiger partial charge in [-0.25, -0.2) is 4.79 Å². The second-order valence-corrected chi connectivity index (χ2v) is 5.02. The molecule has 0 saturated carbocycles. The van der Waals surface area contributed by atoms with E-state index in [2.05, 4.69) is 5.10 Å². The molecule has 0 aliphatic rings. The molecule has 1 aromatic heterocycles. The van der Waals surface area contributed by atoms with Crippen LogP contribution in [0.3, 0.4) is 0 Å². The zero-order valence-electron chi connectivity index (χ0n) is 10.2. The van der Waals surface area contributed by atoms with Gasteiger partial charge in [0.25, 0.3) is 0 Å². The molecule has 0 radical (unpaired) electrons. The van der Waals surface area contributed by atoms with Gasteiger partial charge < -0.3 is 4.74 Å². The predicted octanol–water partition coefficient (Wildman–Crippen LogP) is 3.65. The Kier molecular flexibility index (Phi) is 3.67. The number of rotatable bonds is 0. The predicted molar refractivity (Wildman–Crippen MR) is 58.6 cm³/mol. The number of aromatic nitrogens is 2. The average molecular weight is 285 g/mol. The Morgan fingerprint density at radius 2 is 1.83 bits per heavy atom. The number of nitrogens with zero attached hydrogens (tertiary/aromatic N) is 2. The van der Waals surface area contributed by atoms with Crippen LogP contribution in [0, 0.1) is 6.92 Å². The van der Waals surface area contributed by atoms with Crippen LogP contribution in [0.5, 0.6) is 0 Å². The Morgan fingerprint density at radius 3 is 2.17 bits per heavy atom. The minimum Gasteiger partial charge on any atom is -0.442 e. The maximum Gasteiger partial charge on any atom is 0.436 e. The van der Waals surface area contributed by atoms with E-state index >= 15 is 0 Å². The third-order valence-corrected chi connectivity index (χ3v) is 2.33. The second-order valence-electron chi connectivity index (χ2n) is 4.64. The summed E-state index contributed by atoms with van der Waals surface area (Å²) in [5.41, 5.74) is -2.24. The van der Waals surface area contributed by atoms with Gasteiger partial charge in [-0.15, -0.1) is 0 Å². The standard InChI is InChI=1S/C10H12ClF3N2O2/c1-5-6(11)7(10(12,13)14)15-16(5)8(17)18-9(2,3)4/h1-4H3. The Hall–Kier alpha value is -1.24. The van der Waals surface area contributed by atoms with Gasteiger partial charge in [0.1, 0.15) is 5.60 Å². The first-order valence-corrected chi connectivity index (χ1v) is 5.37. The lowest BCUT2D eigenvalue weighted by Crippen LogP contribution is -2.28.